The zero-order valence-corrected chi connectivity index (χ0v) is 9.41. The Morgan fingerprint density at radius 1 is 1.44 bits per heavy atom. The third-order valence-corrected chi connectivity index (χ3v) is 2.29. The fourth-order valence-electron chi connectivity index (χ4n) is 1.45. The van der Waals surface area contributed by atoms with Gasteiger partial charge >= 0.3 is 11.7 Å². The molecule has 0 saturated carbocycles. The molecule has 7 nitrogen and oxygen atoms in total. The predicted molar refractivity (Wildman–Crippen MR) is 59.6 cm³/mol. The number of nitro groups is 1. The first-order valence-corrected chi connectivity index (χ1v) is 4.96. The molecule has 0 radical (unpaired) electrons. The summed E-state index contributed by atoms with van der Waals surface area (Å²) in [6, 6.07) is 4.75. The van der Waals surface area contributed by atoms with Crippen LogP contribution in [0.3, 0.4) is 0 Å². The summed E-state index contributed by atoms with van der Waals surface area (Å²) >= 11 is 0. The summed E-state index contributed by atoms with van der Waals surface area (Å²) < 4.78 is 14.6. The average Bonchev–Trinajstić information content (AvgIpc) is 2.82. The first-order valence-electron chi connectivity index (χ1n) is 4.96. The van der Waals surface area contributed by atoms with Crippen molar-refractivity contribution in [3.63, 3.8) is 0 Å². The van der Waals surface area contributed by atoms with E-state index in [9.17, 15) is 14.9 Å². The molecule has 1 aliphatic heterocycles. The topological polar surface area (TPSA) is 87.9 Å². The molecule has 94 valence electrons. The molecule has 1 aliphatic rings. The van der Waals surface area contributed by atoms with E-state index in [0.717, 1.165) is 13.2 Å². The van der Waals surface area contributed by atoms with Gasteiger partial charge in [0.15, 0.2) is 11.5 Å². The first kappa shape index (κ1) is 11.9. The smallest absolute Gasteiger partial charge is 0.409 e. The van der Waals surface area contributed by atoms with E-state index >= 15 is 0 Å². The molecule has 0 saturated heterocycles. The minimum absolute atomic E-state index is 0.113. The standard InChI is InChI=1S/C11H9NO6/c1-16-11(13)8(12(14)15)4-7-2-3-9-10(5-7)18-6-17-9/h2-5H,6H2,1H3. The lowest BCUT2D eigenvalue weighted by Crippen LogP contribution is -2.12. The van der Waals surface area contributed by atoms with Crippen LogP contribution in [0.4, 0.5) is 0 Å². The van der Waals surface area contributed by atoms with Crippen molar-refractivity contribution >= 4 is 12.0 Å². The highest BCUT2D eigenvalue weighted by molar-refractivity contribution is 5.91. The van der Waals surface area contributed by atoms with E-state index in [1.54, 1.807) is 18.2 Å². The van der Waals surface area contributed by atoms with Gasteiger partial charge in [-0.25, -0.2) is 4.79 Å². The molecule has 0 amide bonds. The summed E-state index contributed by atoms with van der Waals surface area (Å²) in [6.07, 6.45) is 1.12. The van der Waals surface area contributed by atoms with Gasteiger partial charge in [0, 0.05) is 6.08 Å². The lowest BCUT2D eigenvalue weighted by molar-refractivity contribution is -0.419. The van der Waals surface area contributed by atoms with Gasteiger partial charge in [0.25, 0.3) is 0 Å². The van der Waals surface area contributed by atoms with Gasteiger partial charge in [-0.15, -0.1) is 0 Å². The normalized spacial score (nSPS) is 13.3. The van der Waals surface area contributed by atoms with Crippen molar-refractivity contribution in [1.82, 2.24) is 0 Å². The van der Waals surface area contributed by atoms with E-state index in [1.165, 1.54) is 0 Å². The number of ether oxygens (including phenoxy) is 3. The molecule has 0 aliphatic carbocycles. The number of esters is 1. The van der Waals surface area contributed by atoms with Crippen molar-refractivity contribution in [2.45, 2.75) is 0 Å². The van der Waals surface area contributed by atoms with Crippen molar-refractivity contribution < 1.29 is 23.9 Å². The molecule has 2 rings (SSSR count). The van der Waals surface area contributed by atoms with Gasteiger partial charge in [0.05, 0.1) is 12.0 Å². The highest BCUT2D eigenvalue weighted by Crippen LogP contribution is 2.33. The van der Waals surface area contributed by atoms with Gasteiger partial charge in [-0.05, 0) is 17.7 Å². The number of carbonyl (C=O) groups is 1. The largest absolute Gasteiger partial charge is 0.461 e. The molecule has 0 fully saturated rings. The molecule has 0 N–H and O–H groups in total. The van der Waals surface area contributed by atoms with Crippen LogP contribution < -0.4 is 9.47 Å². The van der Waals surface area contributed by atoms with E-state index in [2.05, 4.69) is 4.74 Å². The number of methoxy groups -OCH3 is 1. The van der Waals surface area contributed by atoms with Crippen LogP contribution in [0.2, 0.25) is 0 Å². The van der Waals surface area contributed by atoms with Crippen molar-refractivity contribution in [2.75, 3.05) is 13.9 Å². The summed E-state index contributed by atoms with van der Waals surface area (Å²) in [5.41, 5.74) is -0.187. The summed E-state index contributed by atoms with van der Waals surface area (Å²) in [4.78, 5) is 21.1. The maximum absolute atomic E-state index is 11.2. The second kappa shape index (κ2) is 4.74. The SMILES string of the molecule is COC(=O)C(=Cc1ccc2c(c1)OCO2)[N+](=O)[O-]. The molecule has 7 heteroatoms. The fraction of sp³-hybridized carbons (Fsp3) is 0.182. The van der Waals surface area contributed by atoms with Crippen molar-refractivity contribution in [2.24, 2.45) is 0 Å². The van der Waals surface area contributed by atoms with Gasteiger partial charge in [0.2, 0.25) is 6.79 Å². The van der Waals surface area contributed by atoms with E-state index in [4.69, 9.17) is 9.47 Å². The maximum Gasteiger partial charge on any atom is 0.409 e. The molecule has 1 aromatic carbocycles. The molecular weight excluding hydrogens is 242 g/mol. The molecule has 18 heavy (non-hydrogen) atoms. The molecule has 1 aromatic rings. The lowest BCUT2D eigenvalue weighted by Gasteiger charge is -1.99. The van der Waals surface area contributed by atoms with Crippen LogP contribution >= 0.6 is 0 Å². The van der Waals surface area contributed by atoms with Crippen molar-refractivity contribution in [3.05, 3.63) is 39.6 Å². The summed E-state index contributed by atoms with van der Waals surface area (Å²) in [6.45, 7) is 0.113. The van der Waals surface area contributed by atoms with Crippen LogP contribution in [-0.4, -0.2) is 24.8 Å². The maximum atomic E-state index is 11.2. The number of nitrogens with zero attached hydrogens (tertiary/aromatic N) is 1. The molecule has 0 aromatic heterocycles. The highest BCUT2D eigenvalue weighted by atomic mass is 16.7. The number of benzene rings is 1. The third-order valence-electron chi connectivity index (χ3n) is 2.29. The number of rotatable bonds is 3. The molecule has 0 atom stereocenters. The fourth-order valence-corrected chi connectivity index (χ4v) is 1.45. The van der Waals surface area contributed by atoms with Gasteiger partial charge in [-0.3, -0.25) is 10.1 Å². The monoisotopic (exact) mass is 251 g/mol. The molecule has 0 bridgehead atoms. The highest BCUT2D eigenvalue weighted by Gasteiger charge is 2.23. The summed E-state index contributed by atoms with van der Waals surface area (Å²) in [5, 5.41) is 10.7. The molecule has 0 spiro atoms. The van der Waals surface area contributed by atoms with Gasteiger partial charge in [0.1, 0.15) is 0 Å². The number of fused-ring (bicyclic) bond motifs is 1. The molecular formula is C11H9NO6. The Kier molecular flexibility index (Phi) is 3.13. The molecule has 1 heterocycles. The average molecular weight is 251 g/mol. The van der Waals surface area contributed by atoms with E-state index < -0.39 is 16.6 Å². The quantitative estimate of drug-likeness (QED) is 0.347. The summed E-state index contributed by atoms with van der Waals surface area (Å²) in [7, 11) is 1.08. The van der Waals surface area contributed by atoms with Crippen molar-refractivity contribution in [1.29, 1.82) is 0 Å². The predicted octanol–water partition coefficient (Wildman–Crippen LogP) is 1.21. The third kappa shape index (κ3) is 2.24. The van der Waals surface area contributed by atoms with Crippen molar-refractivity contribution in [3.8, 4) is 11.5 Å². The van der Waals surface area contributed by atoms with Crippen LogP contribution in [0.25, 0.3) is 6.08 Å². The zero-order valence-electron chi connectivity index (χ0n) is 9.41. The minimum Gasteiger partial charge on any atom is -0.461 e. The lowest BCUT2D eigenvalue weighted by atomic mass is 10.1. The number of hydrogen-bond donors (Lipinski definition) is 0. The van der Waals surface area contributed by atoms with Gasteiger partial charge in [-0.1, -0.05) is 6.07 Å². The van der Waals surface area contributed by atoms with E-state index in [1.807, 2.05) is 0 Å². The van der Waals surface area contributed by atoms with Crippen LogP contribution in [0, 0.1) is 10.1 Å². The Morgan fingerprint density at radius 3 is 2.83 bits per heavy atom. The molecule has 0 unspecified atom stereocenters. The Labute approximate surface area is 102 Å². The zero-order chi connectivity index (χ0) is 13.1. The van der Waals surface area contributed by atoms with Crippen LogP contribution in [-0.2, 0) is 9.53 Å². The van der Waals surface area contributed by atoms with Crippen LogP contribution in [0.5, 0.6) is 11.5 Å². The van der Waals surface area contributed by atoms with E-state index in [0.29, 0.717) is 17.1 Å². The van der Waals surface area contributed by atoms with Gasteiger partial charge < -0.3 is 14.2 Å². The Hall–Kier alpha value is -2.57. The van der Waals surface area contributed by atoms with Crippen LogP contribution in [0.15, 0.2) is 23.9 Å². The van der Waals surface area contributed by atoms with E-state index in [-0.39, 0.29) is 6.79 Å². The number of hydrogen-bond acceptors (Lipinski definition) is 6. The Morgan fingerprint density at radius 2 is 2.17 bits per heavy atom. The Balaban J connectivity index is 2.35. The van der Waals surface area contributed by atoms with Gasteiger partial charge in [-0.2, -0.15) is 0 Å². The summed E-state index contributed by atoms with van der Waals surface area (Å²) in [5.74, 6) is 0.0434. The number of carbonyl (C=O) groups excluding carboxylic acids is 1. The second-order valence-corrected chi connectivity index (χ2v) is 3.39. The second-order valence-electron chi connectivity index (χ2n) is 3.39. The Bertz CT molecular complexity index is 536. The van der Waals surface area contributed by atoms with Crippen LogP contribution in [0.1, 0.15) is 5.56 Å². The minimum atomic E-state index is -1.00. The first-order chi connectivity index (χ1) is 8.61.